The zero-order chi connectivity index (χ0) is 23.8. The second-order valence-electron chi connectivity index (χ2n) is 8.38. The molecule has 8 nitrogen and oxygen atoms in total. The van der Waals surface area contributed by atoms with Gasteiger partial charge < -0.3 is 23.5 Å². The molecule has 0 amide bonds. The summed E-state index contributed by atoms with van der Waals surface area (Å²) in [5, 5.41) is 0. The SMILES string of the molecule is FC(F)Oc1ccccc1C1OCCc2nc3ccc(-c4cnc(N5CCOCC5)nc4)cn3c21. The first-order chi connectivity index (χ1) is 17.2. The monoisotopic (exact) mass is 479 g/mol. The topological polar surface area (TPSA) is 74.0 Å². The van der Waals surface area contributed by atoms with Crippen molar-refractivity contribution in [3.05, 3.63) is 71.9 Å². The minimum atomic E-state index is -2.92. The highest BCUT2D eigenvalue weighted by Gasteiger charge is 2.30. The molecule has 0 bridgehead atoms. The van der Waals surface area contributed by atoms with Gasteiger partial charge >= 0.3 is 6.61 Å². The van der Waals surface area contributed by atoms with Crippen LogP contribution in [0.3, 0.4) is 0 Å². The number of alkyl halides is 2. The molecule has 2 aliphatic heterocycles. The van der Waals surface area contributed by atoms with Crippen molar-refractivity contribution >= 4 is 11.6 Å². The molecular weight excluding hydrogens is 456 g/mol. The Kier molecular flexibility index (Phi) is 5.75. The summed E-state index contributed by atoms with van der Waals surface area (Å²) in [6.07, 6.45) is 5.63. The number of fused-ring (bicyclic) bond motifs is 3. The summed E-state index contributed by atoms with van der Waals surface area (Å²) in [5.74, 6) is 0.779. The van der Waals surface area contributed by atoms with Crippen LogP contribution in [0.2, 0.25) is 0 Å². The highest BCUT2D eigenvalue weighted by Crippen LogP contribution is 2.38. The number of halogens is 2. The quantitative estimate of drug-likeness (QED) is 0.430. The molecule has 0 radical (unpaired) electrons. The van der Waals surface area contributed by atoms with Crippen LogP contribution in [0.4, 0.5) is 14.7 Å². The van der Waals surface area contributed by atoms with Gasteiger partial charge in [-0.15, -0.1) is 0 Å². The van der Waals surface area contributed by atoms with Gasteiger partial charge in [-0.05, 0) is 18.2 Å². The van der Waals surface area contributed by atoms with E-state index >= 15 is 0 Å². The molecule has 3 aromatic heterocycles. The van der Waals surface area contributed by atoms with Crippen LogP contribution >= 0.6 is 0 Å². The van der Waals surface area contributed by atoms with Crippen molar-refractivity contribution in [3.8, 4) is 16.9 Å². The van der Waals surface area contributed by atoms with E-state index in [-0.39, 0.29) is 5.75 Å². The minimum Gasteiger partial charge on any atom is -0.434 e. The van der Waals surface area contributed by atoms with E-state index in [1.807, 2.05) is 35.1 Å². The largest absolute Gasteiger partial charge is 0.434 e. The maximum Gasteiger partial charge on any atom is 0.387 e. The third-order valence-electron chi connectivity index (χ3n) is 6.29. The van der Waals surface area contributed by atoms with Crippen LogP contribution in [0.1, 0.15) is 23.1 Å². The van der Waals surface area contributed by atoms with E-state index in [0.29, 0.717) is 37.8 Å². The van der Waals surface area contributed by atoms with Gasteiger partial charge in [-0.1, -0.05) is 18.2 Å². The first-order valence-corrected chi connectivity index (χ1v) is 11.5. The predicted molar refractivity (Wildman–Crippen MR) is 124 cm³/mol. The highest BCUT2D eigenvalue weighted by molar-refractivity contribution is 5.64. The van der Waals surface area contributed by atoms with Gasteiger partial charge in [0.25, 0.3) is 0 Å². The fourth-order valence-corrected chi connectivity index (χ4v) is 4.63. The van der Waals surface area contributed by atoms with Crippen LogP contribution in [-0.4, -0.2) is 58.9 Å². The van der Waals surface area contributed by atoms with Crippen molar-refractivity contribution in [1.29, 1.82) is 0 Å². The Balaban J connectivity index is 1.38. The average molecular weight is 479 g/mol. The van der Waals surface area contributed by atoms with Crippen molar-refractivity contribution in [2.24, 2.45) is 0 Å². The number of benzene rings is 1. The minimum absolute atomic E-state index is 0.0959. The second-order valence-corrected chi connectivity index (χ2v) is 8.38. The van der Waals surface area contributed by atoms with Crippen molar-refractivity contribution < 1.29 is 23.0 Å². The summed E-state index contributed by atoms with van der Waals surface area (Å²) in [6.45, 7) is 0.391. The number of imidazole rings is 1. The lowest BCUT2D eigenvalue weighted by Gasteiger charge is -2.26. The number of nitrogens with zero attached hydrogens (tertiary/aromatic N) is 5. The molecule has 1 atom stereocenters. The molecule has 1 aromatic carbocycles. The molecule has 2 aliphatic rings. The number of para-hydroxylation sites is 1. The maximum atomic E-state index is 13.0. The van der Waals surface area contributed by atoms with Crippen molar-refractivity contribution in [2.75, 3.05) is 37.8 Å². The molecule has 1 saturated heterocycles. The van der Waals surface area contributed by atoms with Crippen LogP contribution in [0.25, 0.3) is 16.8 Å². The molecular formula is C25H23F2N5O3. The number of ether oxygens (including phenoxy) is 3. The molecule has 1 unspecified atom stereocenters. The lowest BCUT2D eigenvalue weighted by molar-refractivity contribution is -0.0522. The van der Waals surface area contributed by atoms with Gasteiger partial charge in [0.05, 0.1) is 31.2 Å². The molecule has 180 valence electrons. The van der Waals surface area contributed by atoms with E-state index in [4.69, 9.17) is 19.2 Å². The second kappa shape index (κ2) is 9.20. The van der Waals surface area contributed by atoms with E-state index in [1.165, 1.54) is 6.07 Å². The zero-order valence-corrected chi connectivity index (χ0v) is 18.8. The zero-order valence-electron chi connectivity index (χ0n) is 18.8. The molecule has 0 N–H and O–H groups in total. The summed E-state index contributed by atoms with van der Waals surface area (Å²) < 4.78 is 44.3. The van der Waals surface area contributed by atoms with Gasteiger partial charge in [0.1, 0.15) is 17.5 Å². The van der Waals surface area contributed by atoms with E-state index in [1.54, 1.807) is 18.2 Å². The number of pyridine rings is 1. The van der Waals surface area contributed by atoms with E-state index in [2.05, 4.69) is 14.9 Å². The smallest absolute Gasteiger partial charge is 0.387 e. The number of rotatable bonds is 5. The van der Waals surface area contributed by atoms with Crippen LogP contribution in [-0.2, 0) is 15.9 Å². The molecule has 0 saturated carbocycles. The van der Waals surface area contributed by atoms with Gasteiger partial charge in [-0.25, -0.2) is 15.0 Å². The summed E-state index contributed by atoms with van der Waals surface area (Å²) in [4.78, 5) is 16.0. The predicted octanol–water partition coefficient (Wildman–Crippen LogP) is 3.89. The Morgan fingerprint density at radius 2 is 1.77 bits per heavy atom. The summed E-state index contributed by atoms with van der Waals surface area (Å²) in [5.41, 5.74) is 4.76. The highest BCUT2D eigenvalue weighted by atomic mass is 19.3. The third-order valence-corrected chi connectivity index (χ3v) is 6.29. The lowest BCUT2D eigenvalue weighted by Crippen LogP contribution is -2.37. The Labute approximate surface area is 200 Å². The molecule has 35 heavy (non-hydrogen) atoms. The van der Waals surface area contributed by atoms with Crippen LogP contribution < -0.4 is 9.64 Å². The molecule has 0 aliphatic carbocycles. The van der Waals surface area contributed by atoms with Crippen LogP contribution in [0.5, 0.6) is 5.75 Å². The fourth-order valence-electron chi connectivity index (χ4n) is 4.63. The number of anilines is 1. The average Bonchev–Trinajstić information content (AvgIpc) is 3.27. The van der Waals surface area contributed by atoms with Crippen LogP contribution in [0, 0.1) is 0 Å². The first kappa shape index (κ1) is 21.9. The molecule has 5 heterocycles. The van der Waals surface area contributed by atoms with Crippen molar-refractivity contribution in [2.45, 2.75) is 19.1 Å². The molecule has 10 heteroatoms. The molecule has 0 spiro atoms. The number of hydrogen-bond acceptors (Lipinski definition) is 7. The van der Waals surface area contributed by atoms with Gasteiger partial charge in [0.2, 0.25) is 5.95 Å². The van der Waals surface area contributed by atoms with Gasteiger partial charge in [0.15, 0.2) is 0 Å². The van der Waals surface area contributed by atoms with E-state index < -0.39 is 12.7 Å². The van der Waals surface area contributed by atoms with Crippen molar-refractivity contribution in [3.63, 3.8) is 0 Å². The Morgan fingerprint density at radius 3 is 2.57 bits per heavy atom. The summed E-state index contributed by atoms with van der Waals surface area (Å²) in [7, 11) is 0. The van der Waals surface area contributed by atoms with Crippen molar-refractivity contribution in [1.82, 2.24) is 19.4 Å². The van der Waals surface area contributed by atoms with Gasteiger partial charge in [0, 0.05) is 54.8 Å². The summed E-state index contributed by atoms with van der Waals surface area (Å²) >= 11 is 0. The third kappa shape index (κ3) is 4.19. The Bertz CT molecular complexity index is 1340. The number of hydrogen-bond donors (Lipinski definition) is 0. The Hall–Kier alpha value is -3.63. The number of morpholine rings is 1. The molecule has 1 fully saturated rings. The van der Waals surface area contributed by atoms with E-state index in [0.717, 1.165) is 41.3 Å². The van der Waals surface area contributed by atoms with Gasteiger partial charge in [-0.2, -0.15) is 8.78 Å². The molecule has 4 aromatic rings. The van der Waals surface area contributed by atoms with Gasteiger partial charge in [-0.3, -0.25) is 0 Å². The molecule has 6 rings (SSSR count). The maximum absolute atomic E-state index is 13.0. The normalized spacial score (nSPS) is 18.1. The summed E-state index contributed by atoms with van der Waals surface area (Å²) in [6, 6.07) is 10.6. The Morgan fingerprint density at radius 1 is 0.971 bits per heavy atom. The first-order valence-electron chi connectivity index (χ1n) is 11.5. The van der Waals surface area contributed by atoms with Crippen LogP contribution in [0.15, 0.2) is 55.0 Å². The lowest BCUT2D eigenvalue weighted by atomic mass is 10.0. The number of aromatic nitrogens is 4. The van der Waals surface area contributed by atoms with E-state index in [9.17, 15) is 8.78 Å². The fraction of sp³-hybridized carbons (Fsp3) is 0.320. The standard InChI is InChI=1S/C25H23F2N5O3/c26-24(27)35-20-4-2-1-3-18(20)23-22-19(7-10-34-23)30-21-6-5-16(15-32(21)22)17-13-28-25(29-14-17)31-8-11-33-12-9-31/h1-6,13-15,23-24H,7-12H2.